The molecule has 10 heteroatoms. The van der Waals surface area contributed by atoms with Gasteiger partial charge in [-0.15, -0.1) is 0 Å². The van der Waals surface area contributed by atoms with E-state index in [-0.39, 0.29) is 27.7 Å². The van der Waals surface area contributed by atoms with Crippen molar-refractivity contribution in [3.8, 4) is 5.75 Å². The van der Waals surface area contributed by atoms with Gasteiger partial charge in [0.2, 0.25) is 5.91 Å². The summed E-state index contributed by atoms with van der Waals surface area (Å²) in [5.74, 6) is -2.06. The molecule has 3 aromatic rings. The number of aromatic hydroxyl groups is 1. The Morgan fingerprint density at radius 1 is 1.12 bits per heavy atom. The zero-order valence-corrected chi connectivity index (χ0v) is 20.1. The van der Waals surface area contributed by atoms with Gasteiger partial charge < -0.3 is 21.9 Å². The van der Waals surface area contributed by atoms with Crippen LogP contribution in [0.1, 0.15) is 58.1 Å². The molecule has 34 heavy (non-hydrogen) atoms. The fraction of sp³-hybridized carbons (Fsp3) is 0.250. The molecule has 0 bridgehead atoms. The molecule has 1 heterocycles. The molecular formula is C24H27N5O4S. The molecule has 3 amide bonds. The number of rotatable bonds is 6. The van der Waals surface area contributed by atoms with E-state index >= 15 is 0 Å². The highest BCUT2D eigenvalue weighted by atomic mass is 32.1. The van der Waals surface area contributed by atoms with Gasteiger partial charge in [-0.25, -0.2) is 0 Å². The van der Waals surface area contributed by atoms with Crippen molar-refractivity contribution in [3.05, 3.63) is 70.2 Å². The molecule has 0 aliphatic carbocycles. The number of aromatic nitrogens is 1. The molecule has 0 saturated heterocycles. The topological polar surface area (TPSA) is 152 Å². The molecule has 0 aliphatic heterocycles. The van der Waals surface area contributed by atoms with E-state index in [2.05, 4.69) is 9.69 Å². The molecule has 0 fully saturated rings. The minimum absolute atomic E-state index is 0.0437. The summed E-state index contributed by atoms with van der Waals surface area (Å²) < 4.78 is 3.92. The SMILES string of the molecule is Cc1ccc([C@H](C(=O)NC(C)(C)C)N(C(=O)c2snc(C(N)=O)c2N)c2cccc(O)c2)cc1. The number of hydrogen-bond donors (Lipinski definition) is 4. The van der Waals surface area contributed by atoms with Gasteiger partial charge in [0, 0.05) is 17.3 Å². The van der Waals surface area contributed by atoms with Crippen molar-refractivity contribution in [2.24, 2.45) is 5.73 Å². The number of amides is 3. The summed E-state index contributed by atoms with van der Waals surface area (Å²) in [6, 6.07) is 12.1. The number of aryl methyl sites for hydroxylation is 1. The van der Waals surface area contributed by atoms with Crippen molar-refractivity contribution in [2.45, 2.75) is 39.3 Å². The third kappa shape index (κ3) is 5.34. The zero-order chi connectivity index (χ0) is 25.2. The summed E-state index contributed by atoms with van der Waals surface area (Å²) in [6.45, 7) is 7.41. The molecule has 0 aliphatic rings. The fourth-order valence-electron chi connectivity index (χ4n) is 3.37. The first-order valence-electron chi connectivity index (χ1n) is 10.4. The first kappa shape index (κ1) is 24.7. The number of nitrogens with one attached hydrogen (secondary N) is 1. The lowest BCUT2D eigenvalue weighted by molar-refractivity contribution is -0.123. The van der Waals surface area contributed by atoms with Crippen LogP contribution in [0.2, 0.25) is 0 Å². The van der Waals surface area contributed by atoms with E-state index < -0.39 is 29.3 Å². The number of hydrogen-bond acceptors (Lipinski definition) is 7. The van der Waals surface area contributed by atoms with Crippen molar-refractivity contribution in [3.63, 3.8) is 0 Å². The number of carbonyl (C=O) groups excluding carboxylic acids is 3. The molecule has 0 unspecified atom stereocenters. The van der Waals surface area contributed by atoms with Crippen LogP contribution in [0.4, 0.5) is 11.4 Å². The molecule has 0 saturated carbocycles. The van der Waals surface area contributed by atoms with Gasteiger partial charge in [-0.3, -0.25) is 19.3 Å². The number of nitrogen functional groups attached to an aromatic ring is 1. The van der Waals surface area contributed by atoms with Gasteiger partial charge >= 0.3 is 0 Å². The van der Waals surface area contributed by atoms with Crippen LogP contribution in [0.25, 0.3) is 0 Å². The number of nitrogens with zero attached hydrogens (tertiary/aromatic N) is 2. The minimum Gasteiger partial charge on any atom is -0.508 e. The molecular weight excluding hydrogens is 454 g/mol. The highest BCUT2D eigenvalue weighted by molar-refractivity contribution is 7.09. The molecule has 178 valence electrons. The standard InChI is InChI=1S/C24H27N5O4S/c1-13-8-10-14(11-9-13)19(22(32)27-24(2,3)4)29(15-6-5-7-16(30)12-15)23(33)20-17(25)18(21(26)31)28-34-20/h5-12,19,30H,25H2,1-4H3,(H2,26,31)(H,27,32)/t19-/m1/s1. The van der Waals surface area contributed by atoms with E-state index in [9.17, 15) is 19.5 Å². The van der Waals surface area contributed by atoms with Crippen molar-refractivity contribution in [2.75, 3.05) is 10.6 Å². The Balaban J connectivity index is 2.24. The van der Waals surface area contributed by atoms with Crippen molar-refractivity contribution in [1.82, 2.24) is 9.69 Å². The lowest BCUT2D eigenvalue weighted by Gasteiger charge is -2.33. The summed E-state index contributed by atoms with van der Waals surface area (Å²) in [5, 5.41) is 13.1. The molecule has 2 aromatic carbocycles. The van der Waals surface area contributed by atoms with Crippen LogP contribution in [0.3, 0.4) is 0 Å². The van der Waals surface area contributed by atoms with Gasteiger partial charge in [0.15, 0.2) is 5.69 Å². The number of benzene rings is 2. The Labute approximate surface area is 201 Å². The summed E-state index contributed by atoms with van der Waals surface area (Å²) in [4.78, 5) is 40.3. The van der Waals surface area contributed by atoms with E-state index in [1.165, 1.54) is 17.0 Å². The average molecular weight is 482 g/mol. The number of nitrogens with two attached hydrogens (primary N) is 2. The molecule has 1 aromatic heterocycles. The predicted molar refractivity (Wildman–Crippen MR) is 132 cm³/mol. The highest BCUT2D eigenvalue weighted by Gasteiger charge is 2.37. The molecule has 6 N–H and O–H groups in total. The van der Waals surface area contributed by atoms with Crippen LogP contribution in [0.5, 0.6) is 5.75 Å². The monoisotopic (exact) mass is 481 g/mol. The number of phenolic OH excluding ortho intramolecular Hbond substituents is 1. The van der Waals surface area contributed by atoms with Crippen molar-refractivity contribution < 1.29 is 19.5 Å². The number of anilines is 2. The summed E-state index contributed by atoms with van der Waals surface area (Å²) in [5.41, 5.74) is 12.2. The Morgan fingerprint density at radius 3 is 2.29 bits per heavy atom. The molecule has 0 radical (unpaired) electrons. The second-order valence-corrected chi connectivity index (χ2v) is 9.66. The quantitative estimate of drug-likeness (QED) is 0.424. The van der Waals surface area contributed by atoms with Gasteiger partial charge in [-0.2, -0.15) is 4.37 Å². The molecule has 0 spiro atoms. The van der Waals surface area contributed by atoms with Crippen LogP contribution in [-0.2, 0) is 4.79 Å². The first-order valence-corrected chi connectivity index (χ1v) is 11.2. The Morgan fingerprint density at radius 2 is 1.76 bits per heavy atom. The predicted octanol–water partition coefficient (Wildman–Crippen LogP) is 3.14. The van der Waals surface area contributed by atoms with E-state index in [1.807, 2.05) is 39.8 Å². The molecule has 1 atom stereocenters. The van der Waals surface area contributed by atoms with Crippen molar-refractivity contribution >= 4 is 40.6 Å². The Bertz CT molecular complexity index is 1230. The van der Waals surface area contributed by atoms with Gasteiger partial charge in [-0.1, -0.05) is 35.9 Å². The van der Waals surface area contributed by atoms with Crippen LogP contribution < -0.4 is 21.7 Å². The Hall–Kier alpha value is -3.92. The number of primary amides is 1. The fourth-order valence-corrected chi connectivity index (χ4v) is 4.11. The van der Waals surface area contributed by atoms with Crippen LogP contribution in [0, 0.1) is 6.92 Å². The summed E-state index contributed by atoms with van der Waals surface area (Å²) >= 11 is 0.718. The zero-order valence-electron chi connectivity index (χ0n) is 19.3. The Kier molecular flexibility index (Phi) is 6.92. The maximum Gasteiger partial charge on any atom is 0.273 e. The maximum absolute atomic E-state index is 13.9. The third-order valence-corrected chi connectivity index (χ3v) is 5.73. The van der Waals surface area contributed by atoms with Gasteiger partial charge in [0.1, 0.15) is 16.7 Å². The second-order valence-electron chi connectivity index (χ2n) is 8.89. The summed E-state index contributed by atoms with van der Waals surface area (Å²) in [6.07, 6.45) is 0. The van der Waals surface area contributed by atoms with Gasteiger partial charge in [0.25, 0.3) is 11.8 Å². The van der Waals surface area contributed by atoms with Gasteiger partial charge in [-0.05, 0) is 56.9 Å². The van der Waals surface area contributed by atoms with E-state index in [4.69, 9.17) is 11.5 Å². The van der Waals surface area contributed by atoms with E-state index in [1.54, 1.807) is 24.3 Å². The molecule has 3 rings (SSSR count). The normalized spacial score (nSPS) is 12.1. The first-order chi connectivity index (χ1) is 15.9. The highest BCUT2D eigenvalue weighted by Crippen LogP contribution is 2.34. The minimum atomic E-state index is -1.12. The lowest BCUT2D eigenvalue weighted by Crippen LogP contribution is -2.49. The van der Waals surface area contributed by atoms with E-state index in [0.29, 0.717) is 5.56 Å². The third-order valence-electron chi connectivity index (χ3n) is 4.88. The summed E-state index contributed by atoms with van der Waals surface area (Å²) in [7, 11) is 0. The van der Waals surface area contributed by atoms with Crippen LogP contribution in [-0.4, -0.2) is 32.7 Å². The maximum atomic E-state index is 13.9. The van der Waals surface area contributed by atoms with Crippen LogP contribution in [0.15, 0.2) is 48.5 Å². The second kappa shape index (κ2) is 9.52. The number of phenols is 1. The van der Waals surface area contributed by atoms with Crippen LogP contribution >= 0.6 is 11.5 Å². The van der Waals surface area contributed by atoms with E-state index in [0.717, 1.165) is 17.1 Å². The number of carbonyl (C=O) groups is 3. The smallest absolute Gasteiger partial charge is 0.273 e. The average Bonchev–Trinajstić information content (AvgIpc) is 3.12. The largest absolute Gasteiger partial charge is 0.508 e. The molecule has 9 nitrogen and oxygen atoms in total. The van der Waals surface area contributed by atoms with Gasteiger partial charge in [0.05, 0.1) is 5.69 Å². The van der Waals surface area contributed by atoms with Crippen molar-refractivity contribution in [1.29, 1.82) is 0 Å². The lowest BCUT2D eigenvalue weighted by atomic mass is 9.99.